The molecule has 0 aliphatic carbocycles. The van der Waals surface area contributed by atoms with Crippen molar-refractivity contribution in [3.05, 3.63) is 89.7 Å². The van der Waals surface area contributed by atoms with Crippen LogP contribution in [0.2, 0.25) is 0 Å². The fourth-order valence-corrected chi connectivity index (χ4v) is 5.23. The van der Waals surface area contributed by atoms with Crippen molar-refractivity contribution in [3.8, 4) is 0 Å². The van der Waals surface area contributed by atoms with Crippen LogP contribution in [-0.4, -0.2) is 34.0 Å². The molecule has 3 aromatic carbocycles. The number of carbonyl (C=O) groups excluding carboxylic acids is 2. The highest BCUT2D eigenvalue weighted by molar-refractivity contribution is 5.98. The van der Waals surface area contributed by atoms with Crippen molar-refractivity contribution >= 4 is 34.2 Å². The minimum Gasteiger partial charge on any atom is -0.318 e. The van der Waals surface area contributed by atoms with Crippen molar-refractivity contribution < 1.29 is 9.59 Å². The number of hydrogen-bond donors (Lipinski definition) is 0. The van der Waals surface area contributed by atoms with Crippen molar-refractivity contribution in [2.75, 3.05) is 16.3 Å². The maximum absolute atomic E-state index is 13.7. The Kier molecular flexibility index (Phi) is 6.35. The molecule has 36 heavy (non-hydrogen) atoms. The summed E-state index contributed by atoms with van der Waals surface area (Å²) in [5.41, 5.74) is 5.79. The van der Waals surface area contributed by atoms with Crippen LogP contribution >= 0.6 is 0 Å². The highest BCUT2D eigenvalue weighted by Gasteiger charge is 2.36. The molecule has 5 rings (SSSR count). The molecule has 0 spiro atoms. The van der Waals surface area contributed by atoms with Gasteiger partial charge in [0.1, 0.15) is 12.4 Å². The molecule has 1 aliphatic rings. The number of para-hydroxylation sites is 3. The molecule has 1 aromatic heterocycles. The third kappa shape index (κ3) is 4.39. The van der Waals surface area contributed by atoms with E-state index in [4.69, 9.17) is 4.98 Å². The van der Waals surface area contributed by atoms with E-state index in [0.29, 0.717) is 13.0 Å². The predicted octanol–water partition coefficient (Wildman–Crippen LogP) is 5.62. The molecule has 0 radical (unpaired) electrons. The zero-order valence-electron chi connectivity index (χ0n) is 21.3. The minimum atomic E-state index is -0.0955. The number of aryl methyl sites for hydroxylation is 2. The molecule has 0 unspecified atom stereocenters. The molecule has 1 atom stereocenters. The van der Waals surface area contributed by atoms with Gasteiger partial charge in [-0.05, 0) is 69.2 Å². The number of benzene rings is 3. The number of amides is 2. The maximum atomic E-state index is 13.7. The van der Waals surface area contributed by atoms with E-state index in [1.54, 1.807) is 0 Å². The smallest absolute Gasteiger partial charge is 0.247 e. The fourth-order valence-electron chi connectivity index (χ4n) is 5.23. The summed E-state index contributed by atoms with van der Waals surface area (Å²) in [6, 6.07) is 23.9. The summed E-state index contributed by atoms with van der Waals surface area (Å²) in [6.45, 7) is 8.84. The monoisotopic (exact) mass is 480 g/mol. The Labute approximate surface area is 212 Å². The zero-order valence-corrected chi connectivity index (χ0v) is 21.3. The van der Waals surface area contributed by atoms with Gasteiger partial charge in [0.2, 0.25) is 11.8 Å². The van der Waals surface area contributed by atoms with Gasteiger partial charge in [0.25, 0.3) is 0 Å². The second-order valence-electron chi connectivity index (χ2n) is 9.93. The molecule has 184 valence electrons. The lowest BCUT2D eigenvalue weighted by molar-refractivity contribution is -0.119. The Morgan fingerprint density at radius 2 is 1.75 bits per heavy atom. The lowest BCUT2D eigenvalue weighted by Gasteiger charge is -2.28. The normalized spacial score (nSPS) is 15.8. The van der Waals surface area contributed by atoms with Crippen LogP contribution in [0.1, 0.15) is 43.1 Å². The predicted molar refractivity (Wildman–Crippen MR) is 144 cm³/mol. The first kappa shape index (κ1) is 23.8. The van der Waals surface area contributed by atoms with Gasteiger partial charge in [0.15, 0.2) is 0 Å². The summed E-state index contributed by atoms with van der Waals surface area (Å²) in [5.74, 6) is 0.785. The van der Waals surface area contributed by atoms with Gasteiger partial charge in [-0.3, -0.25) is 9.59 Å². The van der Waals surface area contributed by atoms with Crippen LogP contribution in [0.25, 0.3) is 11.0 Å². The van der Waals surface area contributed by atoms with Crippen LogP contribution in [0.15, 0.2) is 72.8 Å². The van der Waals surface area contributed by atoms with Crippen LogP contribution in [0, 0.1) is 13.8 Å². The van der Waals surface area contributed by atoms with Crippen LogP contribution in [0.5, 0.6) is 0 Å². The van der Waals surface area contributed by atoms with E-state index in [1.165, 1.54) is 0 Å². The van der Waals surface area contributed by atoms with E-state index in [9.17, 15) is 9.59 Å². The van der Waals surface area contributed by atoms with Gasteiger partial charge < -0.3 is 14.4 Å². The number of hydrogen-bond acceptors (Lipinski definition) is 3. The Morgan fingerprint density at radius 3 is 2.50 bits per heavy atom. The SMILES string of the molecule is Cc1ccc(C)c(N2C[C@@H](c3nc4ccccc4n3CC(=O)N(c3ccccc3)C(C)C)CC2=O)c1. The standard InChI is InChI=1S/C30H32N4O2/c1-20(2)34(24-10-6-5-7-11-24)29(36)19-33-26-13-9-8-12-25(26)31-30(33)23-17-28(35)32(18-23)27-16-21(3)14-15-22(27)4/h5-16,20,23H,17-19H2,1-4H3/t23-/m0/s1. The largest absolute Gasteiger partial charge is 0.318 e. The number of anilines is 2. The van der Waals surface area contributed by atoms with Crippen LogP contribution in [0.3, 0.4) is 0 Å². The molecule has 0 bridgehead atoms. The number of carbonyl (C=O) groups is 2. The molecular weight excluding hydrogens is 448 g/mol. The summed E-state index contributed by atoms with van der Waals surface area (Å²) >= 11 is 0. The topological polar surface area (TPSA) is 58.4 Å². The molecule has 6 nitrogen and oxygen atoms in total. The molecule has 1 fully saturated rings. The van der Waals surface area contributed by atoms with E-state index in [2.05, 4.69) is 18.2 Å². The Bertz CT molecular complexity index is 1420. The van der Waals surface area contributed by atoms with Crippen LogP contribution in [-0.2, 0) is 16.1 Å². The number of imidazole rings is 1. The number of nitrogens with zero attached hydrogens (tertiary/aromatic N) is 4. The summed E-state index contributed by atoms with van der Waals surface area (Å²) in [7, 11) is 0. The fraction of sp³-hybridized carbons (Fsp3) is 0.300. The van der Waals surface area contributed by atoms with E-state index in [1.807, 2.05) is 96.7 Å². The molecule has 0 N–H and O–H groups in total. The second-order valence-corrected chi connectivity index (χ2v) is 9.93. The van der Waals surface area contributed by atoms with E-state index < -0.39 is 0 Å². The summed E-state index contributed by atoms with van der Waals surface area (Å²) in [5, 5.41) is 0. The number of rotatable bonds is 6. The maximum Gasteiger partial charge on any atom is 0.247 e. The van der Waals surface area contributed by atoms with Gasteiger partial charge in [0, 0.05) is 36.3 Å². The zero-order chi connectivity index (χ0) is 25.4. The quantitative estimate of drug-likeness (QED) is 0.360. The van der Waals surface area contributed by atoms with Crippen molar-refractivity contribution in [2.45, 2.75) is 52.6 Å². The average molecular weight is 481 g/mol. The van der Waals surface area contributed by atoms with E-state index >= 15 is 0 Å². The van der Waals surface area contributed by atoms with Gasteiger partial charge in [-0.2, -0.15) is 0 Å². The molecular formula is C30H32N4O2. The Balaban J connectivity index is 1.51. The third-order valence-electron chi connectivity index (χ3n) is 6.94. The highest BCUT2D eigenvalue weighted by Crippen LogP contribution is 2.35. The molecule has 1 aliphatic heterocycles. The van der Waals surface area contributed by atoms with Gasteiger partial charge in [-0.25, -0.2) is 4.98 Å². The van der Waals surface area contributed by atoms with E-state index in [-0.39, 0.29) is 30.3 Å². The Hall–Kier alpha value is -3.93. The second kappa shape index (κ2) is 9.61. The lowest BCUT2D eigenvalue weighted by atomic mass is 10.1. The molecule has 1 saturated heterocycles. The van der Waals surface area contributed by atoms with Crippen molar-refractivity contribution in [1.82, 2.24) is 9.55 Å². The van der Waals surface area contributed by atoms with Crippen molar-refractivity contribution in [3.63, 3.8) is 0 Å². The first-order chi connectivity index (χ1) is 17.3. The van der Waals surface area contributed by atoms with Gasteiger partial charge in [-0.1, -0.05) is 42.5 Å². The van der Waals surface area contributed by atoms with Gasteiger partial charge >= 0.3 is 0 Å². The first-order valence-electron chi connectivity index (χ1n) is 12.5. The van der Waals surface area contributed by atoms with Crippen LogP contribution in [0.4, 0.5) is 11.4 Å². The lowest BCUT2D eigenvalue weighted by Crippen LogP contribution is -2.39. The van der Waals surface area contributed by atoms with Gasteiger partial charge in [-0.15, -0.1) is 0 Å². The average Bonchev–Trinajstić information content (AvgIpc) is 3.41. The summed E-state index contributed by atoms with van der Waals surface area (Å²) < 4.78 is 2.01. The van der Waals surface area contributed by atoms with Crippen LogP contribution < -0.4 is 9.80 Å². The highest BCUT2D eigenvalue weighted by atomic mass is 16.2. The molecule has 2 heterocycles. The molecule has 2 amide bonds. The number of aromatic nitrogens is 2. The van der Waals surface area contributed by atoms with Crippen molar-refractivity contribution in [2.24, 2.45) is 0 Å². The molecule has 0 saturated carbocycles. The van der Waals surface area contributed by atoms with Crippen molar-refractivity contribution in [1.29, 1.82) is 0 Å². The molecule has 4 aromatic rings. The van der Waals surface area contributed by atoms with Gasteiger partial charge in [0.05, 0.1) is 11.0 Å². The molecule has 6 heteroatoms. The Morgan fingerprint density at radius 1 is 1.03 bits per heavy atom. The summed E-state index contributed by atoms with van der Waals surface area (Å²) in [6.07, 6.45) is 0.372. The summed E-state index contributed by atoms with van der Waals surface area (Å²) in [4.78, 5) is 35.5. The number of fused-ring (bicyclic) bond motifs is 1. The first-order valence-corrected chi connectivity index (χ1v) is 12.5. The third-order valence-corrected chi connectivity index (χ3v) is 6.94. The van der Waals surface area contributed by atoms with E-state index in [0.717, 1.165) is 39.4 Å². The minimum absolute atomic E-state index is 0.00342.